The normalized spacial score (nSPS) is 11.3. The highest BCUT2D eigenvalue weighted by Crippen LogP contribution is 2.24. The molecule has 3 heterocycles. The van der Waals surface area contributed by atoms with Crippen LogP contribution in [0.2, 0.25) is 0 Å². The second kappa shape index (κ2) is 12.4. The molecule has 0 aromatic carbocycles. The Kier molecular flexibility index (Phi) is 9.05. The third-order valence-electron chi connectivity index (χ3n) is 4.79. The van der Waals surface area contributed by atoms with Crippen LogP contribution in [0.3, 0.4) is 0 Å². The Morgan fingerprint density at radius 1 is 0.919 bits per heavy atom. The van der Waals surface area contributed by atoms with Gasteiger partial charge in [-0.2, -0.15) is 4.98 Å². The molecule has 0 spiro atoms. The Hall–Kier alpha value is -4.58. The Balaban J connectivity index is 1.84. The SMILES string of the molecule is COC[C@@H](C)Oc1cc(C(=O)Nc2ccc(C(=O)OC)cn2)cc(Oc2ccc(C(=O)N(C)C)cn2)n1. The molecule has 0 saturated heterocycles. The lowest BCUT2D eigenvalue weighted by Crippen LogP contribution is -2.21. The summed E-state index contributed by atoms with van der Waals surface area (Å²) in [6, 6.07) is 8.90. The Labute approximate surface area is 213 Å². The molecule has 0 unspecified atom stereocenters. The number of carbonyl (C=O) groups is 3. The van der Waals surface area contributed by atoms with E-state index in [0.717, 1.165) is 0 Å². The molecule has 3 aromatic heterocycles. The van der Waals surface area contributed by atoms with Gasteiger partial charge < -0.3 is 29.2 Å². The number of rotatable bonds is 10. The molecule has 0 bridgehead atoms. The quantitative estimate of drug-likeness (QED) is 0.405. The zero-order valence-corrected chi connectivity index (χ0v) is 21.0. The number of hydrogen-bond donors (Lipinski definition) is 1. The molecule has 1 N–H and O–H groups in total. The lowest BCUT2D eigenvalue weighted by molar-refractivity contribution is 0.0600. The van der Waals surface area contributed by atoms with Gasteiger partial charge in [-0.3, -0.25) is 9.59 Å². The molecule has 2 amide bonds. The van der Waals surface area contributed by atoms with E-state index in [1.165, 1.54) is 54.7 Å². The zero-order valence-electron chi connectivity index (χ0n) is 21.0. The highest BCUT2D eigenvalue weighted by Gasteiger charge is 2.16. The number of methoxy groups -OCH3 is 2. The van der Waals surface area contributed by atoms with Crippen LogP contribution in [0.5, 0.6) is 17.6 Å². The van der Waals surface area contributed by atoms with Gasteiger partial charge in [-0.05, 0) is 25.1 Å². The fourth-order valence-electron chi connectivity index (χ4n) is 3.03. The summed E-state index contributed by atoms with van der Waals surface area (Å²) >= 11 is 0. The van der Waals surface area contributed by atoms with Crippen LogP contribution < -0.4 is 14.8 Å². The third kappa shape index (κ3) is 7.45. The number of pyridine rings is 3. The van der Waals surface area contributed by atoms with Crippen molar-refractivity contribution in [1.29, 1.82) is 0 Å². The van der Waals surface area contributed by atoms with Crippen molar-refractivity contribution < 1.29 is 33.3 Å². The molecule has 12 nitrogen and oxygen atoms in total. The molecule has 0 saturated carbocycles. The molecule has 3 aromatic rings. The number of amides is 2. The molecule has 0 radical (unpaired) electrons. The Morgan fingerprint density at radius 2 is 1.62 bits per heavy atom. The van der Waals surface area contributed by atoms with Crippen LogP contribution in [0, 0.1) is 0 Å². The molecule has 1 atom stereocenters. The van der Waals surface area contributed by atoms with Crippen LogP contribution in [-0.4, -0.2) is 78.7 Å². The van der Waals surface area contributed by atoms with E-state index in [2.05, 4.69) is 25.0 Å². The summed E-state index contributed by atoms with van der Waals surface area (Å²) < 4.78 is 21.3. The van der Waals surface area contributed by atoms with Gasteiger partial charge in [-0.15, -0.1) is 0 Å². The van der Waals surface area contributed by atoms with Gasteiger partial charge in [0.1, 0.15) is 11.9 Å². The summed E-state index contributed by atoms with van der Waals surface area (Å²) in [6.45, 7) is 2.08. The van der Waals surface area contributed by atoms with E-state index < -0.39 is 11.9 Å². The number of nitrogens with one attached hydrogen (secondary N) is 1. The first-order chi connectivity index (χ1) is 17.7. The number of carbonyl (C=O) groups excluding carboxylic acids is 3. The van der Waals surface area contributed by atoms with E-state index in [0.29, 0.717) is 12.2 Å². The Bertz CT molecular complexity index is 1250. The van der Waals surface area contributed by atoms with E-state index in [9.17, 15) is 14.4 Å². The first kappa shape index (κ1) is 27.0. The van der Waals surface area contributed by atoms with Crippen LogP contribution in [0.25, 0.3) is 0 Å². The van der Waals surface area contributed by atoms with Crippen molar-refractivity contribution in [3.63, 3.8) is 0 Å². The van der Waals surface area contributed by atoms with Gasteiger partial charge in [0.2, 0.25) is 17.6 Å². The van der Waals surface area contributed by atoms with Crippen LogP contribution in [0.15, 0.2) is 48.8 Å². The topological polar surface area (TPSA) is 142 Å². The van der Waals surface area contributed by atoms with E-state index in [4.69, 9.17) is 14.2 Å². The number of hydrogen-bond acceptors (Lipinski definition) is 10. The van der Waals surface area contributed by atoms with Crippen LogP contribution >= 0.6 is 0 Å². The minimum atomic E-state index is -0.541. The molecule has 12 heteroatoms. The number of esters is 1. The molecule has 0 aliphatic rings. The second-order valence-electron chi connectivity index (χ2n) is 7.98. The average Bonchev–Trinajstić information content (AvgIpc) is 2.88. The fraction of sp³-hybridized carbons (Fsp3) is 0.280. The standard InChI is InChI=1S/C25H27N5O7/c1-15(14-34-4)36-21-10-18(23(31)28-19-8-6-17(13-26-19)25(33)35-5)11-22(29-21)37-20-9-7-16(12-27-20)24(32)30(2)3/h6-13,15H,14H2,1-5H3,(H,26,28,31)/t15-/m1/s1. The van der Waals surface area contributed by atoms with Gasteiger partial charge in [-0.25, -0.2) is 14.8 Å². The van der Waals surface area contributed by atoms with Crippen molar-refractivity contribution >= 4 is 23.6 Å². The minimum absolute atomic E-state index is 0.0421. The zero-order chi connectivity index (χ0) is 26.9. The maximum absolute atomic E-state index is 13.0. The molecular weight excluding hydrogens is 482 g/mol. The van der Waals surface area contributed by atoms with Gasteiger partial charge in [-0.1, -0.05) is 0 Å². The monoisotopic (exact) mass is 509 g/mol. The smallest absolute Gasteiger partial charge is 0.339 e. The molecule has 0 aliphatic carbocycles. The van der Waals surface area contributed by atoms with Crippen molar-refractivity contribution in [2.75, 3.05) is 40.2 Å². The predicted octanol–water partition coefficient (Wildman–Crippen LogP) is 2.82. The van der Waals surface area contributed by atoms with Crippen molar-refractivity contribution in [1.82, 2.24) is 19.9 Å². The fourth-order valence-corrected chi connectivity index (χ4v) is 3.03. The van der Waals surface area contributed by atoms with E-state index >= 15 is 0 Å². The van der Waals surface area contributed by atoms with Crippen molar-refractivity contribution in [2.45, 2.75) is 13.0 Å². The largest absolute Gasteiger partial charge is 0.472 e. The van der Waals surface area contributed by atoms with E-state index in [1.807, 2.05) is 0 Å². The summed E-state index contributed by atoms with van der Waals surface area (Å²) in [5.74, 6) is -0.713. The van der Waals surface area contributed by atoms with Gasteiger partial charge in [0.05, 0.1) is 30.4 Å². The second-order valence-corrected chi connectivity index (χ2v) is 7.98. The molecule has 194 valence electrons. The van der Waals surface area contributed by atoms with Crippen LogP contribution in [0.1, 0.15) is 38.0 Å². The van der Waals surface area contributed by atoms with Crippen molar-refractivity contribution in [3.8, 4) is 17.6 Å². The average molecular weight is 510 g/mol. The lowest BCUT2D eigenvalue weighted by atomic mass is 10.2. The number of ether oxygens (including phenoxy) is 4. The molecule has 0 aliphatic heterocycles. The molecule has 3 rings (SSSR count). The summed E-state index contributed by atoms with van der Waals surface area (Å²) in [5.41, 5.74) is 0.804. The van der Waals surface area contributed by atoms with Gasteiger partial charge in [0.15, 0.2) is 0 Å². The van der Waals surface area contributed by atoms with Crippen LogP contribution in [0.4, 0.5) is 5.82 Å². The van der Waals surface area contributed by atoms with E-state index in [1.54, 1.807) is 34.2 Å². The number of anilines is 1. The van der Waals surface area contributed by atoms with Crippen molar-refractivity contribution in [2.24, 2.45) is 0 Å². The maximum atomic E-state index is 13.0. The van der Waals surface area contributed by atoms with Crippen LogP contribution in [-0.2, 0) is 9.47 Å². The first-order valence-electron chi connectivity index (χ1n) is 11.1. The highest BCUT2D eigenvalue weighted by molar-refractivity contribution is 6.04. The predicted molar refractivity (Wildman–Crippen MR) is 132 cm³/mol. The van der Waals surface area contributed by atoms with Gasteiger partial charge >= 0.3 is 5.97 Å². The minimum Gasteiger partial charge on any atom is -0.472 e. The number of aromatic nitrogens is 3. The van der Waals surface area contributed by atoms with E-state index in [-0.39, 0.29) is 46.6 Å². The first-order valence-corrected chi connectivity index (χ1v) is 11.1. The summed E-state index contributed by atoms with van der Waals surface area (Å²) in [5, 5.41) is 2.65. The van der Waals surface area contributed by atoms with Crippen molar-refractivity contribution in [3.05, 3.63) is 65.5 Å². The lowest BCUT2D eigenvalue weighted by Gasteiger charge is -2.15. The summed E-state index contributed by atoms with van der Waals surface area (Å²) in [6.07, 6.45) is 2.32. The molecular formula is C25H27N5O7. The highest BCUT2D eigenvalue weighted by atomic mass is 16.5. The number of nitrogens with zero attached hydrogens (tertiary/aromatic N) is 4. The maximum Gasteiger partial charge on any atom is 0.339 e. The van der Waals surface area contributed by atoms with Gasteiger partial charge in [0.25, 0.3) is 11.8 Å². The molecule has 37 heavy (non-hydrogen) atoms. The summed E-state index contributed by atoms with van der Waals surface area (Å²) in [4.78, 5) is 50.6. The Morgan fingerprint density at radius 3 is 2.22 bits per heavy atom. The van der Waals surface area contributed by atoms with Gasteiger partial charge in [0, 0.05) is 51.8 Å². The third-order valence-corrected chi connectivity index (χ3v) is 4.79. The summed E-state index contributed by atoms with van der Waals surface area (Å²) in [7, 11) is 6.09. The molecule has 0 fully saturated rings.